The predicted octanol–water partition coefficient (Wildman–Crippen LogP) is 8.16. The van der Waals surface area contributed by atoms with E-state index in [-0.39, 0.29) is 12.5 Å². The summed E-state index contributed by atoms with van der Waals surface area (Å²) in [5.41, 5.74) is 0. The zero-order chi connectivity index (χ0) is 40.2. The second kappa shape index (κ2) is 35.5. The molecule has 1 amide bonds. The molecule has 0 radical (unpaired) electrons. The number of amides is 1. The fourth-order valence-corrected chi connectivity index (χ4v) is 5.79. The molecule has 1 aliphatic rings. The molecular weight excluding hydrogens is 695 g/mol. The van der Waals surface area contributed by atoms with Crippen molar-refractivity contribution in [2.75, 3.05) is 13.2 Å². The Morgan fingerprint density at radius 3 is 1.64 bits per heavy atom. The molecule has 0 bridgehead atoms. The van der Waals surface area contributed by atoms with Crippen molar-refractivity contribution in [1.29, 1.82) is 0 Å². The maximum atomic E-state index is 12.7. The largest absolute Gasteiger partial charge is 0.394 e. The maximum absolute atomic E-state index is 12.7. The van der Waals surface area contributed by atoms with Gasteiger partial charge in [-0.2, -0.15) is 0 Å². The topological polar surface area (TPSA) is 149 Å². The van der Waals surface area contributed by atoms with E-state index in [1.165, 1.54) is 19.3 Å². The molecule has 1 rings (SSSR count). The lowest BCUT2D eigenvalue weighted by atomic mass is 9.99. The molecule has 9 heteroatoms. The van der Waals surface area contributed by atoms with Crippen molar-refractivity contribution in [1.82, 2.24) is 5.32 Å². The molecule has 1 heterocycles. The molecule has 0 aliphatic carbocycles. The number of unbranched alkanes of at least 4 members (excludes halogenated alkanes) is 8. The van der Waals surface area contributed by atoms with Crippen molar-refractivity contribution in [3.05, 3.63) is 97.2 Å². The number of allylic oxidation sites excluding steroid dienone is 15. The van der Waals surface area contributed by atoms with Gasteiger partial charge in [0.15, 0.2) is 6.29 Å². The predicted molar refractivity (Wildman–Crippen MR) is 225 cm³/mol. The van der Waals surface area contributed by atoms with Crippen LogP contribution in [0.3, 0.4) is 0 Å². The van der Waals surface area contributed by atoms with Crippen LogP contribution in [-0.4, -0.2) is 87.5 Å². The Labute approximate surface area is 333 Å². The first-order valence-corrected chi connectivity index (χ1v) is 21.0. The lowest BCUT2D eigenvalue weighted by Crippen LogP contribution is -2.60. The molecule has 0 spiro atoms. The minimum Gasteiger partial charge on any atom is -0.394 e. The third kappa shape index (κ3) is 26.6. The first-order valence-electron chi connectivity index (χ1n) is 21.0. The molecule has 0 aromatic heterocycles. The molecule has 312 valence electrons. The SMILES string of the molecule is CC/C=C\C/C=C\C/C=C\C/C=C\C/C=C\C/C=C\C/C=C\CCCCCCCCCC(=O)NC(COC1OC(CO)C(O)C(O)C1O)C(O)/C=C/CCC. The zero-order valence-corrected chi connectivity index (χ0v) is 33.9. The number of ether oxygens (including phenoxy) is 2. The first kappa shape index (κ1) is 50.1. The van der Waals surface area contributed by atoms with Crippen LogP contribution in [0.5, 0.6) is 0 Å². The van der Waals surface area contributed by atoms with Crippen LogP contribution < -0.4 is 5.32 Å². The van der Waals surface area contributed by atoms with Crippen molar-refractivity contribution in [2.24, 2.45) is 0 Å². The molecule has 0 aromatic carbocycles. The number of carbonyl (C=O) groups is 1. The third-order valence-corrected chi connectivity index (χ3v) is 9.15. The molecule has 7 atom stereocenters. The lowest BCUT2D eigenvalue weighted by molar-refractivity contribution is -0.302. The van der Waals surface area contributed by atoms with Gasteiger partial charge in [0.25, 0.3) is 0 Å². The Hall–Kier alpha value is -2.89. The highest BCUT2D eigenvalue weighted by atomic mass is 16.7. The maximum Gasteiger partial charge on any atom is 0.220 e. The molecule has 1 aliphatic heterocycles. The summed E-state index contributed by atoms with van der Waals surface area (Å²) in [7, 11) is 0. The summed E-state index contributed by atoms with van der Waals surface area (Å²) in [6, 6.07) is -0.812. The Bertz CT molecular complexity index is 1170. The highest BCUT2D eigenvalue weighted by molar-refractivity contribution is 5.76. The smallest absolute Gasteiger partial charge is 0.220 e. The second-order valence-electron chi connectivity index (χ2n) is 14.0. The van der Waals surface area contributed by atoms with Crippen molar-refractivity contribution in [3.63, 3.8) is 0 Å². The van der Waals surface area contributed by atoms with E-state index in [4.69, 9.17) is 9.47 Å². The van der Waals surface area contributed by atoms with Crippen LogP contribution >= 0.6 is 0 Å². The Balaban J connectivity index is 2.13. The number of rotatable bonds is 32. The molecule has 7 unspecified atom stereocenters. The summed E-state index contributed by atoms with van der Waals surface area (Å²) in [5.74, 6) is -0.207. The second-order valence-corrected chi connectivity index (χ2v) is 14.0. The lowest BCUT2D eigenvalue weighted by Gasteiger charge is -2.40. The van der Waals surface area contributed by atoms with Crippen LogP contribution in [0.4, 0.5) is 0 Å². The van der Waals surface area contributed by atoms with Crippen molar-refractivity contribution >= 4 is 5.91 Å². The Morgan fingerprint density at radius 1 is 0.636 bits per heavy atom. The monoisotopic (exact) mass is 770 g/mol. The summed E-state index contributed by atoms with van der Waals surface area (Å²) in [4.78, 5) is 12.7. The summed E-state index contributed by atoms with van der Waals surface area (Å²) in [6.45, 7) is 3.40. The van der Waals surface area contributed by atoms with E-state index >= 15 is 0 Å². The highest BCUT2D eigenvalue weighted by Gasteiger charge is 2.44. The number of aliphatic hydroxyl groups is 5. The average Bonchev–Trinajstić information content (AvgIpc) is 3.18. The van der Waals surface area contributed by atoms with E-state index in [9.17, 15) is 30.3 Å². The van der Waals surface area contributed by atoms with E-state index in [2.05, 4.69) is 97.3 Å². The number of carbonyl (C=O) groups excluding carboxylic acids is 1. The highest BCUT2D eigenvalue weighted by Crippen LogP contribution is 2.22. The van der Waals surface area contributed by atoms with Gasteiger partial charge in [-0.3, -0.25) is 4.79 Å². The van der Waals surface area contributed by atoms with Gasteiger partial charge in [0.05, 0.1) is 25.4 Å². The molecule has 1 saturated heterocycles. The molecule has 6 N–H and O–H groups in total. The van der Waals surface area contributed by atoms with Gasteiger partial charge in [0, 0.05) is 6.42 Å². The van der Waals surface area contributed by atoms with Crippen LogP contribution in [0.25, 0.3) is 0 Å². The molecule has 55 heavy (non-hydrogen) atoms. The quantitative estimate of drug-likeness (QED) is 0.0297. The molecule has 9 nitrogen and oxygen atoms in total. The standard InChI is InChI=1S/C46H75NO8/c1-3-5-7-8-9-10-11-12-13-14-15-16-17-18-19-20-21-22-23-24-25-26-27-28-29-30-31-32-34-36-42(50)47-39(40(49)35-33-6-4-2)38-54-46-45(53)44(52)43(51)41(37-48)55-46/h5,7,9-10,12-13,15-16,18-19,21-22,24-25,33,35,39-41,43-46,48-49,51-53H,3-4,6,8,11,14,17,20,23,26-32,34,36-38H2,1-2H3,(H,47,50)/b7-5-,10-9-,13-12-,16-15-,19-18-,22-21-,25-24-,35-33+. The van der Waals surface area contributed by atoms with Crippen LogP contribution in [0.15, 0.2) is 97.2 Å². The van der Waals surface area contributed by atoms with E-state index in [0.717, 1.165) is 89.9 Å². The summed E-state index contributed by atoms with van der Waals surface area (Å²) >= 11 is 0. The van der Waals surface area contributed by atoms with Gasteiger partial charge in [0.1, 0.15) is 24.4 Å². The molecule has 0 aromatic rings. The van der Waals surface area contributed by atoms with Gasteiger partial charge < -0.3 is 40.3 Å². The van der Waals surface area contributed by atoms with E-state index < -0.39 is 49.5 Å². The summed E-state index contributed by atoms with van der Waals surface area (Å²) in [5, 5.41) is 53.3. The minimum absolute atomic E-state index is 0.205. The van der Waals surface area contributed by atoms with Crippen molar-refractivity contribution in [3.8, 4) is 0 Å². The third-order valence-electron chi connectivity index (χ3n) is 9.15. The van der Waals surface area contributed by atoms with Crippen molar-refractivity contribution in [2.45, 2.75) is 172 Å². The minimum atomic E-state index is -1.57. The van der Waals surface area contributed by atoms with Gasteiger partial charge in [-0.25, -0.2) is 0 Å². The molecule has 0 saturated carbocycles. The average molecular weight is 770 g/mol. The van der Waals surface area contributed by atoms with Crippen LogP contribution in [-0.2, 0) is 14.3 Å². The number of nitrogens with one attached hydrogen (secondary N) is 1. The zero-order valence-electron chi connectivity index (χ0n) is 33.9. The van der Waals surface area contributed by atoms with Crippen LogP contribution in [0, 0.1) is 0 Å². The van der Waals surface area contributed by atoms with Gasteiger partial charge in [-0.1, -0.05) is 150 Å². The van der Waals surface area contributed by atoms with Crippen molar-refractivity contribution < 1.29 is 39.8 Å². The first-order chi connectivity index (χ1) is 26.8. The van der Waals surface area contributed by atoms with Gasteiger partial charge in [0.2, 0.25) is 5.91 Å². The molecule has 1 fully saturated rings. The Kier molecular flexibility index (Phi) is 32.4. The fourth-order valence-electron chi connectivity index (χ4n) is 5.79. The summed E-state index contributed by atoms with van der Waals surface area (Å²) < 4.78 is 11.0. The van der Waals surface area contributed by atoms with Crippen LogP contribution in [0.2, 0.25) is 0 Å². The number of aliphatic hydroxyl groups excluding tert-OH is 5. The fraction of sp³-hybridized carbons (Fsp3) is 0.630. The summed E-state index contributed by atoms with van der Waals surface area (Å²) in [6.07, 6.45) is 44.1. The number of hydrogen-bond acceptors (Lipinski definition) is 8. The van der Waals surface area contributed by atoms with Gasteiger partial charge in [-0.05, 0) is 70.6 Å². The number of hydrogen-bond donors (Lipinski definition) is 6. The van der Waals surface area contributed by atoms with Gasteiger partial charge >= 0.3 is 0 Å². The van der Waals surface area contributed by atoms with Gasteiger partial charge in [-0.15, -0.1) is 0 Å². The van der Waals surface area contributed by atoms with E-state index in [1.54, 1.807) is 6.08 Å². The van der Waals surface area contributed by atoms with E-state index in [1.807, 2.05) is 13.0 Å². The molecular formula is C46H75NO8. The normalized spacial score (nSPS) is 22.3. The van der Waals surface area contributed by atoms with E-state index in [0.29, 0.717) is 6.42 Å². The van der Waals surface area contributed by atoms with Crippen LogP contribution in [0.1, 0.15) is 129 Å². The Morgan fingerprint density at radius 2 is 1.13 bits per heavy atom.